The number of rotatable bonds is 6. The highest BCUT2D eigenvalue weighted by Gasteiger charge is 2.16. The average molecular weight is 233 g/mol. The van der Waals surface area contributed by atoms with Crippen molar-refractivity contribution in [1.29, 1.82) is 0 Å². The molecule has 0 aliphatic carbocycles. The maximum absolute atomic E-state index is 3.72. The Morgan fingerprint density at radius 2 is 1.47 bits per heavy atom. The highest BCUT2D eigenvalue weighted by molar-refractivity contribution is 5.19. The van der Waals surface area contributed by atoms with Crippen LogP contribution in [-0.4, -0.2) is 6.54 Å². The predicted molar refractivity (Wildman–Crippen MR) is 76.0 cm³/mol. The largest absolute Gasteiger partial charge is 0.309 e. The van der Waals surface area contributed by atoms with Crippen molar-refractivity contribution in [2.45, 2.75) is 40.7 Å². The summed E-state index contributed by atoms with van der Waals surface area (Å²) < 4.78 is 0. The van der Waals surface area contributed by atoms with Gasteiger partial charge in [-0.15, -0.1) is 0 Å². The first-order chi connectivity index (χ1) is 8.02. The van der Waals surface area contributed by atoms with Crippen molar-refractivity contribution in [2.75, 3.05) is 6.54 Å². The summed E-state index contributed by atoms with van der Waals surface area (Å²) in [6, 6.07) is 11.2. The molecule has 2 unspecified atom stereocenters. The first-order valence-corrected chi connectivity index (χ1v) is 6.80. The lowest BCUT2D eigenvalue weighted by molar-refractivity contribution is 0.335. The van der Waals surface area contributed by atoms with Crippen molar-refractivity contribution < 1.29 is 0 Å². The molecule has 0 fully saturated rings. The molecule has 0 heterocycles. The summed E-state index contributed by atoms with van der Waals surface area (Å²) in [6.45, 7) is 12.6. The lowest BCUT2D eigenvalue weighted by atomic mass is 9.93. The second-order valence-electron chi connectivity index (χ2n) is 5.76. The van der Waals surface area contributed by atoms with Crippen LogP contribution in [0.15, 0.2) is 30.3 Å². The molecule has 0 saturated carbocycles. The van der Waals surface area contributed by atoms with Gasteiger partial charge in [-0.25, -0.2) is 0 Å². The molecule has 1 heteroatoms. The molecule has 0 aliphatic rings. The molecule has 1 aromatic carbocycles. The molecule has 0 radical (unpaired) electrons. The van der Waals surface area contributed by atoms with Gasteiger partial charge in [-0.3, -0.25) is 0 Å². The van der Waals surface area contributed by atoms with E-state index >= 15 is 0 Å². The molecule has 2 atom stereocenters. The molecule has 0 spiro atoms. The van der Waals surface area contributed by atoms with Gasteiger partial charge in [-0.1, -0.05) is 65.0 Å². The van der Waals surface area contributed by atoms with E-state index in [1.807, 2.05) is 0 Å². The minimum absolute atomic E-state index is 0.470. The van der Waals surface area contributed by atoms with Crippen LogP contribution in [0.3, 0.4) is 0 Å². The van der Waals surface area contributed by atoms with Gasteiger partial charge in [0.15, 0.2) is 0 Å². The van der Waals surface area contributed by atoms with Crippen LogP contribution in [0.25, 0.3) is 0 Å². The fourth-order valence-electron chi connectivity index (χ4n) is 1.95. The molecule has 0 aromatic heterocycles. The van der Waals surface area contributed by atoms with E-state index in [2.05, 4.69) is 70.3 Å². The Hall–Kier alpha value is -0.820. The Morgan fingerprint density at radius 1 is 0.882 bits per heavy atom. The Morgan fingerprint density at radius 3 is 1.94 bits per heavy atom. The van der Waals surface area contributed by atoms with E-state index in [0.29, 0.717) is 12.0 Å². The Labute approximate surface area is 107 Å². The zero-order valence-electron chi connectivity index (χ0n) is 11.9. The van der Waals surface area contributed by atoms with Crippen molar-refractivity contribution in [1.82, 2.24) is 5.32 Å². The van der Waals surface area contributed by atoms with E-state index < -0.39 is 0 Å². The van der Waals surface area contributed by atoms with Crippen LogP contribution < -0.4 is 5.32 Å². The summed E-state index contributed by atoms with van der Waals surface area (Å²) in [5, 5.41) is 3.72. The molecular formula is C16H27N. The number of hydrogen-bond donors (Lipinski definition) is 1. The van der Waals surface area contributed by atoms with Crippen molar-refractivity contribution in [3.8, 4) is 0 Å². The summed E-state index contributed by atoms with van der Waals surface area (Å²) in [4.78, 5) is 0. The Balaban J connectivity index is 2.62. The molecule has 1 nitrogen and oxygen atoms in total. The van der Waals surface area contributed by atoms with Gasteiger partial charge in [0.05, 0.1) is 0 Å². The molecule has 1 aromatic rings. The van der Waals surface area contributed by atoms with Gasteiger partial charge < -0.3 is 5.32 Å². The Bertz CT molecular complexity index is 303. The molecule has 1 rings (SSSR count). The van der Waals surface area contributed by atoms with Gasteiger partial charge in [0, 0.05) is 6.04 Å². The van der Waals surface area contributed by atoms with Crippen LogP contribution in [0.5, 0.6) is 0 Å². The second kappa shape index (κ2) is 6.80. The maximum Gasteiger partial charge on any atom is 0.0343 e. The maximum atomic E-state index is 3.72. The topological polar surface area (TPSA) is 12.0 Å². The van der Waals surface area contributed by atoms with Crippen molar-refractivity contribution in [3.63, 3.8) is 0 Å². The lowest BCUT2D eigenvalue weighted by Gasteiger charge is -2.26. The number of hydrogen-bond acceptors (Lipinski definition) is 1. The number of nitrogens with one attached hydrogen (secondary N) is 1. The van der Waals surface area contributed by atoms with Crippen LogP contribution >= 0.6 is 0 Å². The normalized spacial score (nSPS) is 15.2. The first-order valence-electron chi connectivity index (χ1n) is 6.80. The van der Waals surface area contributed by atoms with E-state index in [1.54, 1.807) is 0 Å². The van der Waals surface area contributed by atoms with Gasteiger partial charge in [0.1, 0.15) is 0 Å². The minimum atomic E-state index is 0.470. The predicted octanol–water partition coefficient (Wildman–Crippen LogP) is 4.27. The smallest absolute Gasteiger partial charge is 0.0343 e. The van der Waals surface area contributed by atoms with E-state index in [9.17, 15) is 0 Å². The fourth-order valence-corrected chi connectivity index (χ4v) is 1.95. The molecule has 0 amide bonds. The molecule has 1 N–H and O–H groups in total. The van der Waals surface area contributed by atoms with E-state index in [4.69, 9.17) is 0 Å². The van der Waals surface area contributed by atoms with Crippen LogP contribution in [0.2, 0.25) is 0 Å². The van der Waals surface area contributed by atoms with Crippen LogP contribution in [0.4, 0.5) is 0 Å². The van der Waals surface area contributed by atoms with Crippen LogP contribution in [0, 0.1) is 17.8 Å². The fraction of sp³-hybridized carbons (Fsp3) is 0.625. The lowest BCUT2D eigenvalue weighted by Crippen LogP contribution is -2.31. The molecule has 17 heavy (non-hydrogen) atoms. The van der Waals surface area contributed by atoms with Gasteiger partial charge >= 0.3 is 0 Å². The van der Waals surface area contributed by atoms with E-state index in [1.165, 1.54) is 5.56 Å². The monoisotopic (exact) mass is 233 g/mol. The second-order valence-corrected chi connectivity index (χ2v) is 5.76. The summed E-state index contributed by atoms with van der Waals surface area (Å²) in [7, 11) is 0. The summed E-state index contributed by atoms with van der Waals surface area (Å²) in [6.07, 6.45) is 0. The number of benzene rings is 1. The Kier molecular flexibility index (Phi) is 5.70. The van der Waals surface area contributed by atoms with Gasteiger partial charge in [-0.05, 0) is 29.9 Å². The average Bonchev–Trinajstić information content (AvgIpc) is 2.29. The van der Waals surface area contributed by atoms with Gasteiger partial charge in [0.25, 0.3) is 0 Å². The van der Waals surface area contributed by atoms with Gasteiger partial charge in [0.2, 0.25) is 0 Å². The zero-order valence-corrected chi connectivity index (χ0v) is 11.9. The summed E-state index contributed by atoms with van der Waals surface area (Å²) in [5.41, 5.74) is 1.40. The third kappa shape index (κ3) is 4.51. The van der Waals surface area contributed by atoms with E-state index in [-0.39, 0.29) is 0 Å². The zero-order chi connectivity index (χ0) is 12.8. The van der Waals surface area contributed by atoms with Crippen LogP contribution in [0.1, 0.15) is 46.2 Å². The highest BCUT2D eigenvalue weighted by Crippen LogP contribution is 2.22. The first kappa shape index (κ1) is 14.2. The molecule has 0 bridgehead atoms. The molecule has 0 aliphatic heterocycles. The SMILES string of the molecule is CC(C)C(C)CNC(c1ccccc1)C(C)C. The molecular weight excluding hydrogens is 206 g/mol. The van der Waals surface area contributed by atoms with Crippen molar-refractivity contribution in [3.05, 3.63) is 35.9 Å². The standard InChI is InChI=1S/C16H27N/c1-12(2)14(5)11-17-16(13(3)4)15-9-7-6-8-10-15/h6-10,12-14,16-17H,11H2,1-5H3. The third-order valence-electron chi connectivity index (χ3n) is 3.62. The highest BCUT2D eigenvalue weighted by atomic mass is 14.9. The summed E-state index contributed by atoms with van der Waals surface area (Å²) >= 11 is 0. The summed E-state index contributed by atoms with van der Waals surface area (Å²) in [5.74, 6) is 2.09. The van der Waals surface area contributed by atoms with Gasteiger partial charge in [-0.2, -0.15) is 0 Å². The quantitative estimate of drug-likeness (QED) is 0.774. The third-order valence-corrected chi connectivity index (χ3v) is 3.62. The van der Waals surface area contributed by atoms with Crippen molar-refractivity contribution >= 4 is 0 Å². The minimum Gasteiger partial charge on any atom is -0.309 e. The molecule has 0 saturated heterocycles. The van der Waals surface area contributed by atoms with Crippen LogP contribution in [-0.2, 0) is 0 Å². The van der Waals surface area contributed by atoms with Crippen molar-refractivity contribution in [2.24, 2.45) is 17.8 Å². The molecule has 96 valence electrons. The van der Waals surface area contributed by atoms with E-state index in [0.717, 1.165) is 18.4 Å².